The lowest BCUT2D eigenvalue weighted by atomic mass is 9.49. The summed E-state index contributed by atoms with van der Waals surface area (Å²) < 4.78 is 5.15. The van der Waals surface area contributed by atoms with E-state index in [1.165, 1.54) is 12.8 Å². The Hall–Kier alpha value is -0.830. The molecule has 0 amide bonds. The molecule has 3 heteroatoms. The van der Waals surface area contributed by atoms with E-state index in [1.54, 1.807) is 5.57 Å². The highest BCUT2D eigenvalue weighted by atomic mass is 16.5. The third-order valence-corrected chi connectivity index (χ3v) is 6.20. The first-order valence-corrected chi connectivity index (χ1v) is 8.60. The Morgan fingerprint density at radius 2 is 2.10 bits per heavy atom. The van der Waals surface area contributed by atoms with Gasteiger partial charge in [0.05, 0.1) is 12.5 Å². The predicted octanol–water partition coefficient (Wildman–Crippen LogP) is 3.25. The fourth-order valence-corrected chi connectivity index (χ4v) is 4.50. The smallest absolute Gasteiger partial charge is 0.309 e. The van der Waals surface area contributed by atoms with Crippen molar-refractivity contribution in [2.45, 2.75) is 46.5 Å². The monoisotopic (exact) mass is 291 g/mol. The van der Waals surface area contributed by atoms with Crippen LogP contribution in [0.1, 0.15) is 46.5 Å². The second-order valence-corrected chi connectivity index (χ2v) is 7.62. The lowest BCUT2D eigenvalue weighted by molar-refractivity contribution is -0.149. The average Bonchev–Trinajstić information content (AvgIpc) is 2.48. The molecule has 21 heavy (non-hydrogen) atoms. The number of carbonyl (C=O) groups is 1. The molecule has 1 saturated heterocycles. The maximum absolute atomic E-state index is 11.8. The van der Waals surface area contributed by atoms with Gasteiger partial charge in [-0.3, -0.25) is 9.69 Å². The topological polar surface area (TPSA) is 29.5 Å². The van der Waals surface area contributed by atoms with Crippen LogP contribution < -0.4 is 0 Å². The molecule has 0 spiro atoms. The van der Waals surface area contributed by atoms with Crippen LogP contribution in [0.3, 0.4) is 0 Å². The lowest BCUT2D eigenvalue weighted by Gasteiger charge is -2.57. The van der Waals surface area contributed by atoms with Crippen LogP contribution in [0.5, 0.6) is 0 Å². The first kappa shape index (κ1) is 15.1. The average molecular weight is 291 g/mol. The van der Waals surface area contributed by atoms with Crippen molar-refractivity contribution in [2.75, 3.05) is 26.2 Å². The van der Waals surface area contributed by atoms with Crippen molar-refractivity contribution >= 4 is 5.97 Å². The third kappa shape index (κ3) is 2.77. The van der Waals surface area contributed by atoms with Crippen LogP contribution >= 0.6 is 0 Å². The fourth-order valence-electron chi connectivity index (χ4n) is 4.50. The molecule has 1 aliphatic heterocycles. The number of hydrogen-bond acceptors (Lipinski definition) is 3. The van der Waals surface area contributed by atoms with Crippen LogP contribution in [-0.4, -0.2) is 37.1 Å². The zero-order valence-electron chi connectivity index (χ0n) is 13.7. The Bertz CT molecular complexity index is 432. The molecule has 118 valence electrons. The molecule has 4 aliphatic rings. The van der Waals surface area contributed by atoms with E-state index in [2.05, 4.69) is 24.8 Å². The molecule has 3 nitrogen and oxygen atoms in total. The molecule has 2 fully saturated rings. The highest BCUT2D eigenvalue weighted by Crippen LogP contribution is 2.59. The van der Waals surface area contributed by atoms with Crippen molar-refractivity contribution < 1.29 is 9.53 Å². The number of rotatable bonds is 4. The van der Waals surface area contributed by atoms with Crippen LogP contribution in [0, 0.1) is 23.2 Å². The summed E-state index contributed by atoms with van der Waals surface area (Å²) in [5.41, 5.74) is 2.19. The number of esters is 1. The molecule has 0 aromatic heterocycles. The Labute approximate surface area is 128 Å². The van der Waals surface area contributed by atoms with Crippen LogP contribution in [0.15, 0.2) is 11.6 Å². The summed E-state index contributed by atoms with van der Waals surface area (Å²) in [5.74, 6) is 1.86. The van der Waals surface area contributed by atoms with E-state index in [9.17, 15) is 4.79 Å². The molecule has 4 rings (SSSR count). The molecule has 0 unspecified atom stereocenters. The van der Waals surface area contributed by atoms with Crippen molar-refractivity contribution in [3.63, 3.8) is 0 Å². The summed E-state index contributed by atoms with van der Waals surface area (Å²) in [6.45, 7) is 10.5. The Morgan fingerprint density at radius 1 is 1.38 bits per heavy atom. The Morgan fingerprint density at radius 3 is 2.67 bits per heavy atom. The van der Waals surface area contributed by atoms with Gasteiger partial charge in [0.25, 0.3) is 0 Å². The van der Waals surface area contributed by atoms with Gasteiger partial charge in [-0.2, -0.15) is 0 Å². The fraction of sp³-hybridized carbons (Fsp3) is 0.833. The highest BCUT2D eigenvalue weighted by molar-refractivity contribution is 5.72. The van der Waals surface area contributed by atoms with Gasteiger partial charge in [0.1, 0.15) is 0 Å². The number of fused-ring (bicyclic) bond motifs is 1. The number of ether oxygens (including phenoxy) is 1. The summed E-state index contributed by atoms with van der Waals surface area (Å²) in [6.07, 6.45) is 7.10. The standard InChI is InChI=1S/C18H29NO2/c1-4-21-17(20)13-7-9-19(10-8-13)12-14-5-6-15-11-16(14)18(15,2)3/h5,13,15-16H,4,6-12H2,1-3H3/t15-,16+/m0/s1. The molecule has 2 bridgehead atoms. The molecule has 0 N–H and O–H groups in total. The van der Waals surface area contributed by atoms with Crippen LogP contribution in [0.2, 0.25) is 0 Å². The quantitative estimate of drug-likeness (QED) is 0.588. The van der Waals surface area contributed by atoms with Gasteiger partial charge in [-0.15, -0.1) is 0 Å². The molecule has 0 radical (unpaired) electrons. The maximum atomic E-state index is 11.8. The van der Waals surface area contributed by atoms with Gasteiger partial charge in [0.2, 0.25) is 0 Å². The van der Waals surface area contributed by atoms with Crippen LogP contribution in [0.25, 0.3) is 0 Å². The number of likely N-dealkylation sites (tertiary alicyclic amines) is 1. The Kier molecular flexibility index (Phi) is 4.13. The van der Waals surface area contributed by atoms with E-state index in [1.807, 2.05) is 6.92 Å². The van der Waals surface area contributed by atoms with Gasteiger partial charge in [-0.1, -0.05) is 25.5 Å². The zero-order chi connectivity index (χ0) is 15.0. The molecular weight excluding hydrogens is 262 g/mol. The number of piperidine rings is 1. The number of carbonyl (C=O) groups excluding carboxylic acids is 1. The van der Waals surface area contributed by atoms with Crippen molar-refractivity contribution in [1.29, 1.82) is 0 Å². The van der Waals surface area contributed by atoms with Gasteiger partial charge >= 0.3 is 5.97 Å². The van der Waals surface area contributed by atoms with Crippen molar-refractivity contribution in [3.8, 4) is 0 Å². The summed E-state index contributed by atoms with van der Waals surface area (Å²) >= 11 is 0. The van der Waals surface area contributed by atoms with Gasteiger partial charge in [-0.25, -0.2) is 0 Å². The minimum Gasteiger partial charge on any atom is -0.466 e. The largest absolute Gasteiger partial charge is 0.466 e. The molecule has 0 aromatic rings. The zero-order valence-corrected chi connectivity index (χ0v) is 13.7. The van der Waals surface area contributed by atoms with Crippen LogP contribution in [0.4, 0.5) is 0 Å². The van der Waals surface area contributed by atoms with E-state index in [-0.39, 0.29) is 11.9 Å². The van der Waals surface area contributed by atoms with Gasteiger partial charge in [-0.05, 0) is 62.9 Å². The summed E-state index contributed by atoms with van der Waals surface area (Å²) in [7, 11) is 0. The normalized spacial score (nSPS) is 32.2. The molecular formula is C18H29NO2. The number of allylic oxidation sites excluding steroid dienone is 1. The van der Waals surface area contributed by atoms with Gasteiger partial charge < -0.3 is 4.74 Å². The van der Waals surface area contributed by atoms with E-state index in [0.29, 0.717) is 12.0 Å². The van der Waals surface area contributed by atoms with E-state index in [4.69, 9.17) is 4.74 Å². The minimum absolute atomic E-state index is 0.0111. The van der Waals surface area contributed by atoms with Gasteiger partial charge in [0, 0.05) is 6.54 Å². The second kappa shape index (κ2) is 5.75. The molecule has 1 heterocycles. The van der Waals surface area contributed by atoms with Crippen molar-refractivity contribution in [2.24, 2.45) is 23.2 Å². The maximum Gasteiger partial charge on any atom is 0.309 e. The highest BCUT2D eigenvalue weighted by Gasteiger charge is 2.51. The molecule has 0 aromatic carbocycles. The Balaban J connectivity index is 1.50. The third-order valence-electron chi connectivity index (χ3n) is 6.20. The molecule has 3 aliphatic carbocycles. The second-order valence-electron chi connectivity index (χ2n) is 7.62. The molecule has 2 atom stereocenters. The summed E-state index contributed by atoms with van der Waals surface area (Å²) in [4.78, 5) is 14.3. The lowest BCUT2D eigenvalue weighted by Crippen LogP contribution is -2.50. The number of hydrogen-bond donors (Lipinski definition) is 0. The molecule has 1 saturated carbocycles. The summed E-state index contributed by atoms with van der Waals surface area (Å²) in [5, 5.41) is 0. The van der Waals surface area contributed by atoms with Gasteiger partial charge in [0.15, 0.2) is 0 Å². The first-order valence-electron chi connectivity index (χ1n) is 8.60. The van der Waals surface area contributed by atoms with E-state index < -0.39 is 0 Å². The number of nitrogens with zero attached hydrogens (tertiary/aromatic N) is 1. The predicted molar refractivity (Wildman–Crippen MR) is 83.9 cm³/mol. The summed E-state index contributed by atoms with van der Waals surface area (Å²) in [6, 6.07) is 0. The minimum atomic E-state index is 0.0111. The van der Waals surface area contributed by atoms with Crippen molar-refractivity contribution in [1.82, 2.24) is 4.90 Å². The van der Waals surface area contributed by atoms with E-state index in [0.717, 1.165) is 44.3 Å². The SMILES string of the molecule is CCOC(=O)C1CCN(CC2=CC[C@H]3C[C@H]2C3(C)C)CC1. The van der Waals surface area contributed by atoms with Crippen LogP contribution in [-0.2, 0) is 9.53 Å². The van der Waals surface area contributed by atoms with E-state index >= 15 is 0 Å². The van der Waals surface area contributed by atoms with Crippen molar-refractivity contribution in [3.05, 3.63) is 11.6 Å². The first-order chi connectivity index (χ1) is 10.0.